The summed E-state index contributed by atoms with van der Waals surface area (Å²) in [6.07, 6.45) is 3.65. The van der Waals surface area contributed by atoms with Gasteiger partial charge in [0.15, 0.2) is 0 Å². The number of morpholine rings is 1. The molecular formula is C24H25ClFN5O3. The zero-order chi connectivity index (χ0) is 23.9. The first-order valence-corrected chi connectivity index (χ1v) is 11.3. The molecule has 0 aliphatic carbocycles. The first kappa shape index (κ1) is 23.9. The molecule has 1 amide bonds. The first-order chi connectivity index (χ1) is 16.5. The molecule has 0 spiro atoms. The number of aromatic nitrogens is 2. The molecule has 10 heteroatoms. The van der Waals surface area contributed by atoms with Crippen molar-refractivity contribution in [1.82, 2.24) is 14.9 Å². The van der Waals surface area contributed by atoms with Crippen LogP contribution in [0.2, 0.25) is 5.02 Å². The number of rotatable bonds is 9. The smallest absolute Gasteiger partial charge is 0.247 e. The van der Waals surface area contributed by atoms with E-state index in [0.717, 1.165) is 39.3 Å². The molecule has 4 rings (SSSR count). The summed E-state index contributed by atoms with van der Waals surface area (Å²) in [6.45, 7) is 8.23. The number of ether oxygens (including phenoxy) is 2. The topological polar surface area (TPSA) is 88.6 Å². The number of carbonyl (C=O) groups excluding carboxylic acids is 1. The number of halogens is 2. The maximum absolute atomic E-state index is 13.4. The molecule has 1 aromatic heterocycles. The molecule has 2 N–H and O–H groups in total. The van der Waals surface area contributed by atoms with Gasteiger partial charge in [-0.15, -0.1) is 0 Å². The lowest BCUT2D eigenvalue weighted by Crippen LogP contribution is -2.37. The maximum atomic E-state index is 13.4. The van der Waals surface area contributed by atoms with E-state index >= 15 is 0 Å². The van der Waals surface area contributed by atoms with Gasteiger partial charge < -0.3 is 20.1 Å². The Morgan fingerprint density at radius 3 is 2.88 bits per heavy atom. The minimum atomic E-state index is -0.504. The van der Waals surface area contributed by atoms with E-state index in [1.165, 1.54) is 18.2 Å². The normalized spacial score (nSPS) is 14.1. The number of benzene rings is 2. The zero-order valence-corrected chi connectivity index (χ0v) is 19.3. The molecule has 2 aromatic carbocycles. The van der Waals surface area contributed by atoms with Crippen molar-refractivity contribution in [2.45, 2.75) is 6.42 Å². The van der Waals surface area contributed by atoms with Crippen LogP contribution in [0, 0.1) is 5.82 Å². The van der Waals surface area contributed by atoms with Crippen molar-refractivity contribution >= 4 is 45.7 Å². The fourth-order valence-corrected chi connectivity index (χ4v) is 3.70. The quantitative estimate of drug-likeness (QED) is 0.343. The summed E-state index contributed by atoms with van der Waals surface area (Å²) >= 11 is 5.85. The van der Waals surface area contributed by atoms with Gasteiger partial charge in [0, 0.05) is 43.0 Å². The number of amides is 1. The third kappa shape index (κ3) is 6.19. The molecule has 0 unspecified atom stereocenters. The maximum Gasteiger partial charge on any atom is 0.247 e. The molecule has 8 nitrogen and oxygen atoms in total. The molecule has 34 heavy (non-hydrogen) atoms. The van der Waals surface area contributed by atoms with E-state index in [9.17, 15) is 9.18 Å². The van der Waals surface area contributed by atoms with Crippen molar-refractivity contribution in [3.8, 4) is 5.75 Å². The number of hydrogen-bond donors (Lipinski definition) is 2. The average molecular weight is 486 g/mol. The van der Waals surface area contributed by atoms with Crippen LogP contribution in [-0.4, -0.2) is 60.2 Å². The fourth-order valence-electron chi connectivity index (χ4n) is 3.52. The lowest BCUT2D eigenvalue weighted by Gasteiger charge is -2.26. The van der Waals surface area contributed by atoms with Gasteiger partial charge in [0.1, 0.15) is 11.6 Å². The van der Waals surface area contributed by atoms with Gasteiger partial charge in [-0.1, -0.05) is 18.2 Å². The SMILES string of the molecule is C=CC(=O)Nc1cc2cnc(Nc3ccc(F)c(Cl)c3)nc2cc1OCCCN1CCOCC1. The van der Waals surface area contributed by atoms with E-state index in [4.69, 9.17) is 21.1 Å². The van der Waals surface area contributed by atoms with E-state index in [1.807, 2.05) is 0 Å². The van der Waals surface area contributed by atoms with Crippen molar-refractivity contribution in [2.24, 2.45) is 0 Å². The molecule has 0 atom stereocenters. The highest BCUT2D eigenvalue weighted by molar-refractivity contribution is 6.31. The van der Waals surface area contributed by atoms with Gasteiger partial charge in [-0.3, -0.25) is 9.69 Å². The van der Waals surface area contributed by atoms with Crippen molar-refractivity contribution in [3.05, 3.63) is 60.0 Å². The molecule has 3 aromatic rings. The van der Waals surface area contributed by atoms with Crippen LogP contribution in [0.3, 0.4) is 0 Å². The summed E-state index contributed by atoms with van der Waals surface area (Å²) in [5.41, 5.74) is 1.68. The van der Waals surface area contributed by atoms with Gasteiger partial charge in [0.25, 0.3) is 0 Å². The van der Waals surface area contributed by atoms with E-state index < -0.39 is 5.82 Å². The summed E-state index contributed by atoms with van der Waals surface area (Å²) in [4.78, 5) is 23.1. The zero-order valence-electron chi connectivity index (χ0n) is 18.5. The second-order valence-corrected chi connectivity index (χ2v) is 8.11. The molecule has 2 heterocycles. The van der Waals surface area contributed by atoms with Crippen molar-refractivity contribution < 1.29 is 18.7 Å². The summed E-state index contributed by atoms with van der Waals surface area (Å²) < 4.78 is 24.8. The van der Waals surface area contributed by atoms with Crippen molar-refractivity contribution in [2.75, 3.05) is 50.1 Å². The van der Waals surface area contributed by atoms with Crippen LogP contribution < -0.4 is 15.4 Å². The lowest BCUT2D eigenvalue weighted by molar-refractivity contribution is -0.111. The average Bonchev–Trinajstić information content (AvgIpc) is 2.85. The Balaban J connectivity index is 1.51. The number of nitrogens with one attached hydrogen (secondary N) is 2. The molecule has 0 bridgehead atoms. The third-order valence-corrected chi connectivity index (χ3v) is 5.57. The first-order valence-electron chi connectivity index (χ1n) is 10.9. The van der Waals surface area contributed by atoms with Crippen LogP contribution in [0.25, 0.3) is 10.9 Å². The van der Waals surface area contributed by atoms with Gasteiger partial charge in [-0.2, -0.15) is 0 Å². The van der Waals surface area contributed by atoms with E-state index in [-0.39, 0.29) is 10.9 Å². The highest BCUT2D eigenvalue weighted by Crippen LogP contribution is 2.31. The summed E-state index contributed by atoms with van der Waals surface area (Å²) in [7, 11) is 0. The number of carbonyl (C=O) groups is 1. The predicted molar refractivity (Wildman–Crippen MR) is 130 cm³/mol. The molecule has 1 aliphatic heterocycles. The summed E-state index contributed by atoms with van der Waals surface area (Å²) in [6, 6.07) is 7.79. The molecular weight excluding hydrogens is 461 g/mol. The number of anilines is 3. The predicted octanol–water partition coefficient (Wildman–Crippen LogP) is 4.39. The van der Waals surface area contributed by atoms with Crippen LogP contribution in [-0.2, 0) is 9.53 Å². The van der Waals surface area contributed by atoms with Crippen LogP contribution >= 0.6 is 11.6 Å². The Hall–Kier alpha value is -3.27. The Morgan fingerprint density at radius 1 is 1.29 bits per heavy atom. The van der Waals surface area contributed by atoms with Crippen LogP contribution in [0.4, 0.5) is 21.7 Å². The molecule has 0 radical (unpaired) electrons. The Bertz CT molecular complexity index is 1190. The molecule has 0 saturated carbocycles. The Kier molecular flexibility index (Phi) is 7.89. The van der Waals surface area contributed by atoms with Crippen molar-refractivity contribution in [3.63, 3.8) is 0 Å². The number of fused-ring (bicyclic) bond motifs is 1. The second kappa shape index (κ2) is 11.2. The van der Waals surface area contributed by atoms with Gasteiger partial charge in [-0.25, -0.2) is 14.4 Å². The highest BCUT2D eigenvalue weighted by Gasteiger charge is 2.13. The third-order valence-electron chi connectivity index (χ3n) is 5.28. The monoisotopic (exact) mass is 485 g/mol. The summed E-state index contributed by atoms with van der Waals surface area (Å²) in [5.74, 6) is -0.0310. The van der Waals surface area contributed by atoms with E-state index in [2.05, 4.69) is 32.1 Å². The van der Waals surface area contributed by atoms with Gasteiger partial charge in [0.2, 0.25) is 11.9 Å². The molecule has 1 aliphatic rings. The standard InChI is InChI=1S/C24H25ClFN5O3/c1-2-23(32)29-21-12-16-15-27-24(28-17-4-5-19(26)18(25)13-17)30-20(16)14-22(21)34-9-3-6-31-7-10-33-11-8-31/h2,4-5,12-15H,1,3,6-11H2,(H,29,32)(H,27,28,30). The van der Waals surface area contributed by atoms with E-state index in [0.29, 0.717) is 40.6 Å². The van der Waals surface area contributed by atoms with Crippen LogP contribution in [0.15, 0.2) is 49.2 Å². The minimum Gasteiger partial charge on any atom is -0.491 e. The highest BCUT2D eigenvalue weighted by atomic mass is 35.5. The molecule has 1 saturated heterocycles. The summed E-state index contributed by atoms with van der Waals surface area (Å²) in [5, 5.41) is 6.51. The van der Waals surface area contributed by atoms with Crippen LogP contribution in [0.1, 0.15) is 6.42 Å². The van der Waals surface area contributed by atoms with Gasteiger partial charge in [-0.05, 0) is 36.8 Å². The van der Waals surface area contributed by atoms with Crippen LogP contribution in [0.5, 0.6) is 5.75 Å². The fraction of sp³-hybridized carbons (Fsp3) is 0.292. The largest absolute Gasteiger partial charge is 0.491 e. The van der Waals surface area contributed by atoms with Gasteiger partial charge >= 0.3 is 0 Å². The Morgan fingerprint density at radius 2 is 2.12 bits per heavy atom. The van der Waals surface area contributed by atoms with E-state index in [1.54, 1.807) is 24.4 Å². The lowest BCUT2D eigenvalue weighted by atomic mass is 10.2. The number of hydrogen-bond acceptors (Lipinski definition) is 7. The Labute approximate surface area is 201 Å². The molecule has 178 valence electrons. The minimum absolute atomic E-state index is 0.00107. The molecule has 1 fully saturated rings. The second-order valence-electron chi connectivity index (χ2n) is 7.70. The number of nitrogens with zero attached hydrogens (tertiary/aromatic N) is 3. The van der Waals surface area contributed by atoms with Gasteiger partial charge in [0.05, 0.1) is 36.0 Å². The van der Waals surface area contributed by atoms with Crippen molar-refractivity contribution in [1.29, 1.82) is 0 Å².